The van der Waals surface area contributed by atoms with E-state index in [-0.39, 0.29) is 12.3 Å². The Morgan fingerprint density at radius 1 is 1.10 bits per heavy atom. The minimum absolute atomic E-state index is 0.108. The molecule has 110 valence electrons. The molecule has 0 aliphatic rings. The van der Waals surface area contributed by atoms with Gasteiger partial charge in [0.05, 0.1) is 0 Å². The Balaban J connectivity index is 2.48. The molecule has 0 spiro atoms. The average Bonchev–Trinajstić information content (AvgIpc) is 2.41. The molecule has 0 radical (unpaired) electrons. The Labute approximate surface area is 120 Å². The summed E-state index contributed by atoms with van der Waals surface area (Å²) in [6, 6.07) is 7.85. The predicted molar refractivity (Wildman–Crippen MR) is 79.9 cm³/mol. The van der Waals surface area contributed by atoms with Crippen LogP contribution in [0.4, 0.5) is 5.69 Å². The lowest BCUT2D eigenvalue weighted by molar-refractivity contribution is -0.137. The number of hydrogen-bond donors (Lipinski definition) is 1. The second-order valence-electron chi connectivity index (χ2n) is 4.88. The van der Waals surface area contributed by atoms with Crippen LogP contribution in [0.3, 0.4) is 0 Å². The number of amides is 1. The first kappa shape index (κ1) is 16.2. The van der Waals surface area contributed by atoms with Crippen molar-refractivity contribution < 1.29 is 14.7 Å². The third kappa shape index (κ3) is 5.03. The van der Waals surface area contributed by atoms with Crippen LogP contribution in [0, 0.1) is 6.92 Å². The molecule has 0 fully saturated rings. The van der Waals surface area contributed by atoms with E-state index >= 15 is 0 Å². The van der Waals surface area contributed by atoms with Gasteiger partial charge in [0.15, 0.2) is 0 Å². The van der Waals surface area contributed by atoms with Crippen molar-refractivity contribution in [2.45, 2.75) is 46.0 Å². The van der Waals surface area contributed by atoms with Gasteiger partial charge in [0.25, 0.3) is 0 Å². The fraction of sp³-hybridized carbons (Fsp3) is 0.500. The second-order valence-corrected chi connectivity index (χ2v) is 4.88. The Kier molecular flexibility index (Phi) is 6.77. The van der Waals surface area contributed by atoms with Gasteiger partial charge in [-0.15, -0.1) is 0 Å². The molecule has 20 heavy (non-hydrogen) atoms. The molecular formula is C16H23NO3. The van der Waals surface area contributed by atoms with Gasteiger partial charge in [0.1, 0.15) is 0 Å². The molecule has 1 aromatic rings. The molecule has 0 aromatic heterocycles. The van der Waals surface area contributed by atoms with Crippen LogP contribution in [0.5, 0.6) is 0 Å². The Morgan fingerprint density at radius 2 is 1.75 bits per heavy atom. The number of carboxylic acids is 1. The van der Waals surface area contributed by atoms with Crippen molar-refractivity contribution >= 4 is 17.6 Å². The first-order chi connectivity index (χ1) is 9.56. The number of anilines is 1. The van der Waals surface area contributed by atoms with Gasteiger partial charge in [-0.25, -0.2) is 0 Å². The molecule has 0 saturated carbocycles. The summed E-state index contributed by atoms with van der Waals surface area (Å²) in [4.78, 5) is 24.4. The zero-order chi connectivity index (χ0) is 15.0. The number of aliphatic carboxylic acids is 1. The lowest BCUT2D eigenvalue weighted by Crippen LogP contribution is -2.30. The Bertz CT molecular complexity index is 457. The zero-order valence-electron chi connectivity index (χ0n) is 12.3. The van der Waals surface area contributed by atoms with Crippen LogP contribution in [-0.4, -0.2) is 23.5 Å². The van der Waals surface area contributed by atoms with Gasteiger partial charge in [0.2, 0.25) is 5.91 Å². The molecule has 0 heterocycles. The minimum atomic E-state index is -0.772. The van der Waals surface area contributed by atoms with Gasteiger partial charge in [-0.05, 0) is 38.3 Å². The summed E-state index contributed by atoms with van der Waals surface area (Å²) in [5.74, 6) is -0.663. The van der Waals surface area contributed by atoms with Gasteiger partial charge in [-0.3, -0.25) is 9.59 Å². The minimum Gasteiger partial charge on any atom is -0.481 e. The summed E-state index contributed by atoms with van der Waals surface area (Å²) in [7, 11) is 0. The van der Waals surface area contributed by atoms with Gasteiger partial charge in [-0.1, -0.05) is 24.6 Å². The summed E-state index contributed by atoms with van der Waals surface area (Å²) >= 11 is 0. The molecule has 1 rings (SSSR count). The van der Waals surface area contributed by atoms with Crippen molar-refractivity contribution in [2.24, 2.45) is 0 Å². The SMILES string of the molecule is CCN(C(=O)CCCCCC(=O)O)c1ccccc1C. The number of aryl methyl sites for hydroxylation is 1. The summed E-state index contributed by atoms with van der Waals surface area (Å²) in [6.45, 7) is 4.62. The monoisotopic (exact) mass is 277 g/mol. The molecule has 0 saturated heterocycles. The molecule has 1 aromatic carbocycles. The van der Waals surface area contributed by atoms with Crippen LogP contribution < -0.4 is 4.90 Å². The smallest absolute Gasteiger partial charge is 0.303 e. The summed E-state index contributed by atoms with van der Waals surface area (Å²) in [5, 5.41) is 8.55. The number of nitrogens with zero attached hydrogens (tertiary/aromatic N) is 1. The topological polar surface area (TPSA) is 57.6 Å². The quantitative estimate of drug-likeness (QED) is 0.741. The van der Waals surface area contributed by atoms with E-state index in [2.05, 4.69) is 0 Å². The molecular weight excluding hydrogens is 254 g/mol. The maximum Gasteiger partial charge on any atom is 0.303 e. The summed E-state index contributed by atoms with van der Waals surface area (Å²) in [5.41, 5.74) is 2.05. The van der Waals surface area contributed by atoms with E-state index in [0.717, 1.165) is 24.1 Å². The largest absolute Gasteiger partial charge is 0.481 e. The van der Waals surface area contributed by atoms with Crippen LogP contribution in [0.15, 0.2) is 24.3 Å². The van der Waals surface area contributed by atoms with Gasteiger partial charge in [-0.2, -0.15) is 0 Å². The molecule has 4 heteroatoms. The first-order valence-corrected chi connectivity index (χ1v) is 7.14. The summed E-state index contributed by atoms with van der Waals surface area (Å²) in [6.07, 6.45) is 2.82. The number of para-hydroxylation sites is 1. The van der Waals surface area contributed by atoms with E-state index < -0.39 is 5.97 Å². The number of carbonyl (C=O) groups excluding carboxylic acids is 1. The molecule has 0 atom stereocenters. The Hall–Kier alpha value is -1.84. The van der Waals surface area contributed by atoms with E-state index in [9.17, 15) is 9.59 Å². The maximum absolute atomic E-state index is 12.2. The molecule has 0 aliphatic heterocycles. The lowest BCUT2D eigenvalue weighted by atomic mass is 10.1. The number of hydrogen-bond acceptors (Lipinski definition) is 2. The van der Waals surface area contributed by atoms with Gasteiger partial charge >= 0.3 is 5.97 Å². The predicted octanol–water partition coefficient (Wildman–Crippen LogP) is 3.38. The molecule has 1 amide bonds. The number of benzene rings is 1. The van der Waals surface area contributed by atoms with Crippen LogP contribution in [0.1, 0.15) is 44.6 Å². The zero-order valence-corrected chi connectivity index (χ0v) is 12.3. The third-order valence-corrected chi connectivity index (χ3v) is 3.30. The van der Waals surface area contributed by atoms with Crippen molar-refractivity contribution in [1.29, 1.82) is 0 Å². The number of carboxylic acid groups (broad SMARTS) is 1. The van der Waals surface area contributed by atoms with Crippen LogP contribution in [0.25, 0.3) is 0 Å². The van der Waals surface area contributed by atoms with E-state index in [0.29, 0.717) is 19.4 Å². The number of rotatable bonds is 8. The van der Waals surface area contributed by atoms with Crippen molar-refractivity contribution in [3.8, 4) is 0 Å². The maximum atomic E-state index is 12.2. The van der Waals surface area contributed by atoms with Crippen molar-refractivity contribution in [1.82, 2.24) is 0 Å². The Morgan fingerprint density at radius 3 is 2.35 bits per heavy atom. The highest BCUT2D eigenvalue weighted by atomic mass is 16.4. The highest BCUT2D eigenvalue weighted by Crippen LogP contribution is 2.20. The highest BCUT2D eigenvalue weighted by molar-refractivity contribution is 5.93. The summed E-state index contributed by atoms with van der Waals surface area (Å²) < 4.78 is 0. The molecule has 0 unspecified atom stereocenters. The van der Waals surface area contributed by atoms with Crippen LogP contribution >= 0.6 is 0 Å². The number of carbonyl (C=O) groups is 2. The van der Waals surface area contributed by atoms with E-state index in [1.54, 1.807) is 4.90 Å². The van der Waals surface area contributed by atoms with Crippen LogP contribution in [0.2, 0.25) is 0 Å². The molecule has 0 aliphatic carbocycles. The van der Waals surface area contributed by atoms with E-state index in [1.165, 1.54) is 0 Å². The molecule has 1 N–H and O–H groups in total. The molecule has 0 bridgehead atoms. The van der Waals surface area contributed by atoms with Crippen molar-refractivity contribution in [3.05, 3.63) is 29.8 Å². The normalized spacial score (nSPS) is 10.3. The fourth-order valence-electron chi connectivity index (χ4n) is 2.21. The van der Waals surface area contributed by atoms with Crippen molar-refractivity contribution in [3.63, 3.8) is 0 Å². The standard InChI is InChI=1S/C16H23NO3/c1-3-17(14-10-8-7-9-13(14)2)15(18)11-5-4-6-12-16(19)20/h7-10H,3-6,11-12H2,1-2H3,(H,19,20). The highest BCUT2D eigenvalue weighted by Gasteiger charge is 2.14. The molecule has 4 nitrogen and oxygen atoms in total. The van der Waals surface area contributed by atoms with E-state index in [1.807, 2.05) is 38.1 Å². The fourth-order valence-corrected chi connectivity index (χ4v) is 2.21. The average molecular weight is 277 g/mol. The van der Waals surface area contributed by atoms with Crippen LogP contribution in [-0.2, 0) is 9.59 Å². The van der Waals surface area contributed by atoms with Gasteiger partial charge in [0, 0.05) is 25.1 Å². The second kappa shape index (κ2) is 8.35. The number of unbranched alkanes of at least 4 members (excludes halogenated alkanes) is 2. The van der Waals surface area contributed by atoms with E-state index in [4.69, 9.17) is 5.11 Å². The van der Waals surface area contributed by atoms with Gasteiger partial charge < -0.3 is 10.0 Å². The third-order valence-electron chi connectivity index (χ3n) is 3.30. The first-order valence-electron chi connectivity index (χ1n) is 7.14. The lowest BCUT2D eigenvalue weighted by Gasteiger charge is -2.23. The van der Waals surface area contributed by atoms with Crippen molar-refractivity contribution in [2.75, 3.05) is 11.4 Å².